The predicted molar refractivity (Wildman–Crippen MR) is 38.1 cm³/mol. The molecule has 0 aromatic heterocycles. The predicted octanol–water partition coefficient (Wildman–Crippen LogP) is 0.871. The molecule has 0 aromatic rings. The first-order valence-corrected chi connectivity index (χ1v) is 2.79. The Hall–Kier alpha value is -0.990. The molecule has 52 valence electrons. The van der Waals surface area contributed by atoms with E-state index in [4.69, 9.17) is 10.5 Å². The van der Waals surface area contributed by atoms with Crippen LogP contribution >= 0.6 is 0 Å². The van der Waals surface area contributed by atoms with E-state index in [2.05, 4.69) is 11.6 Å². The molecule has 0 unspecified atom stereocenters. The molecule has 0 atom stereocenters. The summed E-state index contributed by atoms with van der Waals surface area (Å²) in [5.74, 6) is 0.839. The Bertz CT molecular complexity index is 125. The second-order valence-corrected chi connectivity index (χ2v) is 1.58. The molecule has 0 aliphatic rings. The van der Waals surface area contributed by atoms with Crippen LogP contribution in [0.5, 0.6) is 0 Å². The van der Waals surface area contributed by atoms with E-state index in [9.17, 15) is 0 Å². The molecule has 0 fully saturated rings. The van der Waals surface area contributed by atoms with E-state index in [1.54, 1.807) is 6.92 Å². The Morgan fingerprint density at radius 3 is 2.67 bits per heavy atom. The minimum atomic E-state index is 0.373. The molecule has 0 aliphatic carbocycles. The summed E-state index contributed by atoms with van der Waals surface area (Å²) in [4.78, 5) is 3.74. The maximum Gasteiger partial charge on any atom is 0.207 e. The molecular weight excluding hydrogens is 116 g/mol. The van der Waals surface area contributed by atoms with Crippen molar-refractivity contribution in [2.45, 2.75) is 13.8 Å². The zero-order valence-electron chi connectivity index (χ0n) is 5.85. The number of ether oxygens (including phenoxy) is 1. The molecule has 0 spiro atoms. The van der Waals surface area contributed by atoms with Gasteiger partial charge in [0.1, 0.15) is 0 Å². The summed E-state index contributed by atoms with van der Waals surface area (Å²) in [7, 11) is 0. The molecule has 2 N–H and O–H groups in total. The molecule has 0 saturated heterocycles. The Morgan fingerprint density at radius 1 is 1.78 bits per heavy atom. The van der Waals surface area contributed by atoms with Crippen molar-refractivity contribution in [1.29, 1.82) is 0 Å². The summed E-state index contributed by atoms with van der Waals surface area (Å²) in [6.45, 7) is 7.63. The molecule has 0 amide bonds. The lowest BCUT2D eigenvalue weighted by Gasteiger charge is -1.99. The van der Waals surface area contributed by atoms with Crippen LogP contribution in [0.25, 0.3) is 0 Å². The van der Waals surface area contributed by atoms with Gasteiger partial charge in [0, 0.05) is 0 Å². The monoisotopic (exact) mass is 128 g/mol. The zero-order chi connectivity index (χ0) is 7.28. The third-order valence-corrected chi connectivity index (χ3v) is 0.612. The van der Waals surface area contributed by atoms with Crippen LogP contribution in [0.15, 0.2) is 17.5 Å². The fourth-order valence-corrected chi connectivity index (χ4v) is 0.396. The molecule has 0 heterocycles. The first-order valence-electron chi connectivity index (χ1n) is 2.79. The van der Waals surface area contributed by atoms with Gasteiger partial charge in [-0.25, -0.2) is 4.99 Å². The van der Waals surface area contributed by atoms with Crippen LogP contribution in [0.3, 0.4) is 0 Å². The smallest absolute Gasteiger partial charge is 0.207 e. The van der Waals surface area contributed by atoms with Gasteiger partial charge < -0.3 is 10.5 Å². The third kappa shape index (κ3) is 4.87. The van der Waals surface area contributed by atoms with Crippen molar-refractivity contribution < 1.29 is 4.74 Å². The normalized spacial score (nSPS) is 11.1. The zero-order valence-corrected chi connectivity index (χ0v) is 5.85. The van der Waals surface area contributed by atoms with Gasteiger partial charge in [-0.15, -0.1) is 0 Å². The fourth-order valence-electron chi connectivity index (χ4n) is 0.396. The lowest BCUT2D eigenvalue weighted by atomic mass is 10.7. The van der Waals surface area contributed by atoms with E-state index in [0.29, 0.717) is 18.3 Å². The van der Waals surface area contributed by atoms with Gasteiger partial charge in [0.25, 0.3) is 0 Å². The van der Waals surface area contributed by atoms with Crippen LogP contribution in [0.1, 0.15) is 13.8 Å². The van der Waals surface area contributed by atoms with E-state index in [1.807, 2.05) is 6.92 Å². The largest absolute Gasteiger partial charge is 0.478 e. The quantitative estimate of drug-likeness (QED) is 0.348. The minimum absolute atomic E-state index is 0.373. The van der Waals surface area contributed by atoms with E-state index in [-0.39, 0.29) is 0 Å². The highest BCUT2D eigenvalue weighted by molar-refractivity contribution is 5.78. The van der Waals surface area contributed by atoms with Crippen molar-refractivity contribution in [3.05, 3.63) is 12.5 Å². The van der Waals surface area contributed by atoms with Crippen LogP contribution in [0.4, 0.5) is 0 Å². The maximum absolute atomic E-state index is 5.23. The van der Waals surface area contributed by atoms with Crippen molar-refractivity contribution in [2.75, 3.05) is 6.61 Å². The molecular formula is C6H12N2O. The summed E-state index contributed by atoms with van der Waals surface area (Å²) in [5.41, 5.74) is 5.23. The summed E-state index contributed by atoms with van der Waals surface area (Å²) >= 11 is 0. The van der Waals surface area contributed by atoms with Crippen LogP contribution in [-0.2, 0) is 4.74 Å². The summed E-state index contributed by atoms with van der Waals surface area (Å²) in [5, 5.41) is 0. The molecule has 0 aromatic carbocycles. The van der Waals surface area contributed by atoms with Gasteiger partial charge in [0.05, 0.1) is 12.4 Å². The lowest BCUT2D eigenvalue weighted by molar-refractivity contribution is 0.229. The van der Waals surface area contributed by atoms with Gasteiger partial charge in [-0.1, -0.05) is 0 Å². The minimum Gasteiger partial charge on any atom is -0.478 e. The number of nitrogens with two attached hydrogens (primary N) is 1. The Labute approximate surface area is 55.2 Å². The summed E-state index contributed by atoms with van der Waals surface area (Å²) < 4.78 is 4.89. The van der Waals surface area contributed by atoms with Gasteiger partial charge >= 0.3 is 0 Å². The van der Waals surface area contributed by atoms with E-state index in [1.165, 1.54) is 0 Å². The van der Waals surface area contributed by atoms with E-state index < -0.39 is 0 Å². The van der Waals surface area contributed by atoms with Gasteiger partial charge in [-0.05, 0) is 20.4 Å². The van der Waals surface area contributed by atoms with Gasteiger partial charge in [-0.3, -0.25) is 0 Å². The first kappa shape index (κ1) is 8.01. The summed E-state index contributed by atoms with van der Waals surface area (Å²) in [6.07, 6.45) is 0. The molecule has 0 radical (unpaired) electrons. The molecule has 0 aliphatic heterocycles. The Kier molecular flexibility index (Phi) is 3.51. The Morgan fingerprint density at radius 2 is 2.33 bits per heavy atom. The molecule has 3 nitrogen and oxygen atoms in total. The van der Waals surface area contributed by atoms with Gasteiger partial charge in [0.15, 0.2) is 0 Å². The topological polar surface area (TPSA) is 47.6 Å². The molecule has 0 rings (SSSR count). The highest BCUT2D eigenvalue weighted by Gasteiger charge is 1.85. The highest BCUT2D eigenvalue weighted by Crippen LogP contribution is 1.92. The standard InChI is InChI=1S/C6H12N2O/c1-4-9-6(3)8-5(2)7/h3-4H2,1-2H3,(H2,7,8). The SMILES string of the molecule is C=C(N=C(C)N)OCC. The lowest BCUT2D eigenvalue weighted by Crippen LogP contribution is -2.05. The second kappa shape index (κ2) is 3.95. The Balaban J connectivity index is 3.63. The van der Waals surface area contributed by atoms with Crippen LogP contribution in [-0.4, -0.2) is 12.4 Å². The van der Waals surface area contributed by atoms with Crippen molar-refractivity contribution in [1.82, 2.24) is 0 Å². The first-order chi connectivity index (χ1) is 4.16. The molecule has 0 saturated carbocycles. The number of nitrogens with zero attached hydrogens (tertiary/aromatic N) is 1. The number of hydrogen-bond acceptors (Lipinski definition) is 2. The summed E-state index contributed by atoms with van der Waals surface area (Å²) in [6, 6.07) is 0. The molecule has 3 heteroatoms. The van der Waals surface area contributed by atoms with Crippen molar-refractivity contribution in [3.8, 4) is 0 Å². The second-order valence-electron chi connectivity index (χ2n) is 1.58. The molecule has 0 bridgehead atoms. The number of amidine groups is 1. The average Bonchev–Trinajstić information content (AvgIpc) is 1.63. The number of hydrogen-bond donors (Lipinski definition) is 1. The van der Waals surface area contributed by atoms with E-state index >= 15 is 0 Å². The fraction of sp³-hybridized carbons (Fsp3) is 0.500. The third-order valence-electron chi connectivity index (χ3n) is 0.612. The van der Waals surface area contributed by atoms with Crippen LogP contribution in [0.2, 0.25) is 0 Å². The number of aliphatic imine (C=N–C) groups is 1. The number of rotatable bonds is 3. The van der Waals surface area contributed by atoms with Gasteiger partial charge in [0.2, 0.25) is 5.88 Å². The van der Waals surface area contributed by atoms with Gasteiger partial charge in [-0.2, -0.15) is 0 Å². The maximum atomic E-state index is 5.23. The molecule has 9 heavy (non-hydrogen) atoms. The van der Waals surface area contributed by atoms with Crippen LogP contribution < -0.4 is 5.73 Å². The average molecular weight is 128 g/mol. The van der Waals surface area contributed by atoms with Crippen molar-refractivity contribution in [2.24, 2.45) is 10.7 Å². The highest BCUT2D eigenvalue weighted by atomic mass is 16.5. The van der Waals surface area contributed by atoms with Crippen LogP contribution in [0, 0.1) is 0 Å². The van der Waals surface area contributed by atoms with Crippen molar-refractivity contribution >= 4 is 5.84 Å². The van der Waals surface area contributed by atoms with Crippen molar-refractivity contribution in [3.63, 3.8) is 0 Å². The van der Waals surface area contributed by atoms with E-state index in [0.717, 1.165) is 0 Å².